The zero-order chi connectivity index (χ0) is 19.3. The second kappa shape index (κ2) is 8.41. The van der Waals surface area contributed by atoms with Gasteiger partial charge < -0.3 is 14.6 Å². The van der Waals surface area contributed by atoms with Crippen LogP contribution in [0.1, 0.15) is 38.1 Å². The fourth-order valence-electron chi connectivity index (χ4n) is 2.83. The molecule has 1 aromatic carbocycles. The van der Waals surface area contributed by atoms with Crippen LogP contribution in [-0.2, 0) is 17.3 Å². The Morgan fingerprint density at radius 1 is 1.19 bits per heavy atom. The third-order valence-corrected chi connectivity index (χ3v) is 4.53. The zero-order valence-electron chi connectivity index (χ0n) is 16.7. The monoisotopic (exact) mass is 357 g/mol. The molecule has 0 aliphatic heterocycles. The van der Waals surface area contributed by atoms with Crippen molar-refractivity contribution in [2.24, 2.45) is 7.05 Å². The van der Waals surface area contributed by atoms with Crippen LogP contribution < -0.4 is 10.1 Å². The van der Waals surface area contributed by atoms with Gasteiger partial charge in [0.15, 0.2) is 6.61 Å². The highest BCUT2D eigenvalue weighted by atomic mass is 16.5. The molecule has 0 fully saturated rings. The summed E-state index contributed by atoms with van der Waals surface area (Å²) in [5.74, 6) is 0.589. The van der Waals surface area contributed by atoms with Crippen LogP contribution in [0.5, 0.6) is 5.75 Å². The second-order valence-corrected chi connectivity index (χ2v) is 7.89. The summed E-state index contributed by atoms with van der Waals surface area (Å²) in [6.07, 6.45) is 2.01. The first-order valence-corrected chi connectivity index (χ1v) is 8.96. The van der Waals surface area contributed by atoms with Crippen LogP contribution in [0, 0.1) is 0 Å². The highest BCUT2D eigenvalue weighted by Crippen LogP contribution is 2.24. The van der Waals surface area contributed by atoms with Gasteiger partial charge >= 0.3 is 0 Å². The molecule has 0 bridgehead atoms. The second-order valence-electron chi connectivity index (χ2n) is 7.89. The number of carbonyl (C=O) groups is 1. The van der Waals surface area contributed by atoms with Crippen LogP contribution >= 0.6 is 0 Å². The number of ether oxygens (including phenoxy) is 1. The number of amides is 1. The molecule has 26 heavy (non-hydrogen) atoms. The smallest absolute Gasteiger partial charge is 0.258 e. The first-order chi connectivity index (χ1) is 12.2. The van der Waals surface area contributed by atoms with E-state index in [9.17, 15) is 4.79 Å². The number of nitrogens with one attached hydrogen (secondary N) is 1. The molecular weight excluding hydrogens is 326 g/mol. The van der Waals surface area contributed by atoms with Gasteiger partial charge in [-0.25, -0.2) is 0 Å². The highest BCUT2D eigenvalue weighted by molar-refractivity contribution is 5.77. The Labute approximate surface area is 157 Å². The summed E-state index contributed by atoms with van der Waals surface area (Å²) in [6, 6.07) is 12.1. The lowest BCUT2D eigenvalue weighted by molar-refractivity contribution is -0.123. The minimum Gasteiger partial charge on any atom is -0.484 e. The van der Waals surface area contributed by atoms with Crippen molar-refractivity contribution >= 4 is 5.91 Å². The maximum atomic E-state index is 12.2. The van der Waals surface area contributed by atoms with Gasteiger partial charge in [-0.15, -0.1) is 0 Å². The van der Waals surface area contributed by atoms with Gasteiger partial charge in [0.2, 0.25) is 0 Å². The number of nitrogens with zero attached hydrogens (tertiary/aromatic N) is 2. The number of aromatic nitrogens is 1. The van der Waals surface area contributed by atoms with Crippen molar-refractivity contribution in [1.82, 2.24) is 14.8 Å². The van der Waals surface area contributed by atoms with Crippen LogP contribution in [0.2, 0.25) is 0 Å². The molecule has 0 saturated carbocycles. The molecule has 1 heterocycles. The molecular formula is C21H31N3O2. The SMILES string of the molecule is CN(C)C(CNC(=O)COc1ccc(C(C)(C)C)cc1)c1cccn1C. The highest BCUT2D eigenvalue weighted by Gasteiger charge is 2.18. The first kappa shape index (κ1) is 20.0. The quantitative estimate of drug-likeness (QED) is 0.828. The molecule has 5 heteroatoms. The predicted octanol–water partition coefficient (Wildman–Crippen LogP) is 3.12. The molecule has 0 spiro atoms. The van der Waals surface area contributed by atoms with E-state index in [-0.39, 0.29) is 24.0 Å². The summed E-state index contributed by atoms with van der Waals surface area (Å²) in [7, 11) is 6.03. The van der Waals surface area contributed by atoms with Gasteiger partial charge in [0, 0.05) is 25.5 Å². The zero-order valence-corrected chi connectivity index (χ0v) is 16.7. The molecule has 0 radical (unpaired) electrons. The van der Waals surface area contributed by atoms with E-state index in [0.29, 0.717) is 12.3 Å². The van der Waals surface area contributed by atoms with E-state index in [2.05, 4.69) is 41.6 Å². The Morgan fingerprint density at radius 3 is 2.35 bits per heavy atom. The number of hydrogen-bond acceptors (Lipinski definition) is 3. The predicted molar refractivity (Wildman–Crippen MR) is 105 cm³/mol. The third kappa shape index (κ3) is 5.36. The number of rotatable bonds is 7. The largest absolute Gasteiger partial charge is 0.484 e. The van der Waals surface area contributed by atoms with Crippen molar-refractivity contribution in [1.29, 1.82) is 0 Å². The van der Waals surface area contributed by atoms with Crippen molar-refractivity contribution in [3.8, 4) is 5.75 Å². The molecule has 1 unspecified atom stereocenters. The van der Waals surface area contributed by atoms with Crippen LogP contribution in [0.3, 0.4) is 0 Å². The molecule has 0 saturated heterocycles. The van der Waals surface area contributed by atoms with Gasteiger partial charge in [-0.2, -0.15) is 0 Å². The van der Waals surface area contributed by atoms with Crippen LogP contribution in [0.25, 0.3) is 0 Å². The third-order valence-electron chi connectivity index (χ3n) is 4.53. The molecule has 1 N–H and O–H groups in total. The van der Waals surface area contributed by atoms with Crippen LogP contribution in [0.4, 0.5) is 0 Å². The number of hydrogen-bond donors (Lipinski definition) is 1. The molecule has 1 aromatic heterocycles. The summed E-state index contributed by atoms with van der Waals surface area (Å²) < 4.78 is 7.69. The Hall–Kier alpha value is -2.27. The standard InChI is InChI=1S/C21H31N3O2/c1-21(2,3)16-9-11-17(12-10-16)26-15-20(25)22-14-19(23(4)5)18-8-7-13-24(18)6/h7-13,19H,14-15H2,1-6H3,(H,22,25). The molecule has 142 valence electrons. The van der Waals surface area contributed by atoms with E-state index >= 15 is 0 Å². The topological polar surface area (TPSA) is 46.5 Å². The lowest BCUT2D eigenvalue weighted by atomic mass is 9.87. The Bertz CT molecular complexity index is 712. The normalized spacial score (nSPS) is 12.9. The summed E-state index contributed by atoms with van der Waals surface area (Å²) in [5, 5.41) is 2.97. The van der Waals surface area contributed by atoms with Crippen molar-refractivity contribution in [2.75, 3.05) is 27.2 Å². The summed E-state index contributed by atoms with van der Waals surface area (Å²) in [6.45, 7) is 7.07. The lowest BCUT2D eigenvalue weighted by Gasteiger charge is -2.25. The average Bonchev–Trinajstić information content (AvgIpc) is 2.98. The minimum absolute atomic E-state index is 0.0160. The first-order valence-electron chi connectivity index (χ1n) is 8.96. The molecule has 0 aliphatic rings. The number of aryl methyl sites for hydroxylation is 1. The van der Waals surface area contributed by atoms with E-state index in [1.165, 1.54) is 5.56 Å². The van der Waals surface area contributed by atoms with Crippen molar-refractivity contribution < 1.29 is 9.53 Å². The lowest BCUT2D eigenvalue weighted by Crippen LogP contribution is -2.37. The van der Waals surface area contributed by atoms with Gasteiger partial charge in [0.05, 0.1) is 6.04 Å². The maximum Gasteiger partial charge on any atom is 0.258 e. The Morgan fingerprint density at radius 2 is 1.85 bits per heavy atom. The summed E-state index contributed by atoms with van der Waals surface area (Å²) in [5.41, 5.74) is 2.51. The Kier molecular flexibility index (Phi) is 6.48. The van der Waals surface area contributed by atoms with E-state index in [0.717, 1.165) is 5.69 Å². The van der Waals surface area contributed by atoms with Crippen molar-refractivity contribution in [3.05, 3.63) is 53.9 Å². The van der Waals surface area contributed by atoms with Gasteiger partial charge in [-0.05, 0) is 49.3 Å². The molecule has 2 rings (SSSR count). The summed E-state index contributed by atoms with van der Waals surface area (Å²) in [4.78, 5) is 14.3. The van der Waals surface area contributed by atoms with Crippen LogP contribution in [-0.4, -0.2) is 42.6 Å². The molecule has 5 nitrogen and oxygen atoms in total. The van der Waals surface area contributed by atoms with Gasteiger partial charge in [-0.1, -0.05) is 32.9 Å². The number of likely N-dealkylation sites (N-methyl/N-ethyl adjacent to an activating group) is 1. The summed E-state index contributed by atoms with van der Waals surface area (Å²) >= 11 is 0. The Balaban J connectivity index is 1.85. The van der Waals surface area contributed by atoms with Gasteiger partial charge in [0.25, 0.3) is 5.91 Å². The molecule has 0 aliphatic carbocycles. The molecule has 1 amide bonds. The number of carbonyl (C=O) groups excluding carboxylic acids is 1. The maximum absolute atomic E-state index is 12.2. The van der Waals surface area contributed by atoms with Gasteiger partial charge in [-0.3, -0.25) is 9.69 Å². The van der Waals surface area contributed by atoms with E-state index in [1.54, 1.807) is 0 Å². The molecule has 1 atom stereocenters. The van der Waals surface area contributed by atoms with E-state index < -0.39 is 0 Å². The van der Waals surface area contributed by atoms with Crippen molar-refractivity contribution in [3.63, 3.8) is 0 Å². The van der Waals surface area contributed by atoms with E-state index in [4.69, 9.17) is 4.74 Å². The van der Waals surface area contributed by atoms with Crippen molar-refractivity contribution in [2.45, 2.75) is 32.2 Å². The van der Waals surface area contributed by atoms with E-state index in [1.807, 2.05) is 57.7 Å². The fourth-order valence-corrected chi connectivity index (χ4v) is 2.83. The fraction of sp³-hybridized carbons (Fsp3) is 0.476. The minimum atomic E-state index is -0.119. The van der Waals surface area contributed by atoms with Gasteiger partial charge in [0.1, 0.15) is 5.75 Å². The molecule has 2 aromatic rings. The average molecular weight is 357 g/mol. The number of benzene rings is 1. The van der Waals surface area contributed by atoms with Crippen LogP contribution in [0.15, 0.2) is 42.6 Å².